The summed E-state index contributed by atoms with van der Waals surface area (Å²) in [7, 11) is 0. The van der Waals surface area contributed by atoms with Crippen LogP contribution >= 0.6 is 0 Å². The van der Waals surface area contributed by atoms with E-state index in [0.29, 0.717) is 11.5 Å². The summed E-state index contributed by atoms with van der Waals surface area (Å²) in [4.78, 5) is 7.25. The molecule has 0 saturated heterocycles. The quantitative estimate of drug-likeness (QED) is 0.458. The molecule has 0 aromatic carbocycles. The standard InChI is InChI=1S/C4H6N4.H2O/c5-3-1-7-2-8-4(3)6;/h1-2H,5H2,(H2,6,7,8);1H2. The lowest BCUT2D eigenvalue weighted by Gasteiger charge is -1.91. The Morgan fingerprint density at radius 3 is 2.33 bits per heavy atom. The van der Waals surface area contributed by atoms with Gasteiger partial charge in [0.25, 0.3) is 0 Å². The maximum Gasteiger partial charge on any atom is 0.150 e. The van der Waals surface area contributed by atoms with E-state index < -0.39 is 0 Å². The normalized spacial score (nSPS) is 8.00. The molecule has 0 unspecified atom stereocenters. The molecule has 5 nitrogen and oxygen atoms in total. The van der Waals surface area contributed by atoms with Crippen LogP contribution in [0.15, 0.2) is 12.5 Å². The van der Waals surface area contributed by atoms with E-state index in [1.807, 2.05) is 0 Å². The van der Waals surface area contributed by atoms with Crippen LogP contribution in [-0.4, -0.2) is 15.4 Å². The number of hydrogen-bond acceptors (Lipinski definition) is 4. The molecule has 1 aromatic rings. The van der Waals surface area contributed by atoms with Gasteiger partial charge in [0, 0.05) is 0 Å². The summed E-state index contributed by atoms with van der Waals surface area (Å²) in [5.41, 5.74) is 10.9. The molecule has 0 saturated carbocycles. The fraction of sp³-hybridized carbons (Fsp3) is 0. The van der Waals surface area contributed by atoms with Gasteiger partial charge in [-0.05, 0) is 0 Å². The van der Waals surface area contributed by atoms with Crippen molar-refractivity contribution in [2.75, 3.05) is 11.5 Å². The Morgan fingerprint density at radius 1 is 1.33 bits per heavy atom. The Kier molecular flexibility index (Phi) is 2.40. The van der Waals surface area contributed by atoms with Crippen LogP contribution in [0.4, 0.5) is 11.5 Å². The van der Waals surface area contributed by atoms with Crippen LogP contribution in [0.2, 0.25) is 0 Å². The molecule has 0 atom stereocenters. The molecule has 1 rings (SSSR count). The minimum absolute atomic E-state index is 0. The number of nitrogens with zero attached hydrogens (tertiary/aromatic N) is 2. The van der Waals surface area contributed by atoms with Gasteiger partial charge in [0.1, 0.15) is 12.1 Å². The van der Waals surface area contributed by atoms with Crippen LogP contribution in [0.3, 0.4) is 0 Å². The Balaban J connectivity index is 0.000000640. The molecule has 0 bridgehead atoms. The van der Waals surface area contributed by atoms with E-state index in [0.717, 1.165) is 0 Å². The summed E-state index contributed by atoms with van der Waals surface area (Å²) in [5.74, 6) is 0.333. The van der Waals surface area contributed by atoms with Gasteiger partial charge < -0.3 is 16.9 Å². The molecule has 0 fully saturated rings. The van der Waals surface area contributed by atoms with Gasteiger partial charge >= 0.3 is 0 Å². The SMILES string of the molecule is Nc1cncnc1N.O. The first-order valence-corrected chi connectivity index (χ1v) is 2.11. The molecule has 0 amide bonds. The molecule has 0 aliphatic rings. The highest BCUT2D eigenvalue weighted by Gasteiger charge is 1.88. The molecule has 1 aromatic heterocycles. The van der Waals surface area contributed by atoms with E-state index in [-0.39, 0.29) is 5.48 Å². The zero-order valence-corrected chi connectivity index (χ0v) is 4.70. The lowest BCUT2D eigenvalue weighted by Crippen LogP contribution is -1.97. The van der Waals surface area contributed by atoms with Crippen molar-refractivity contribution < 1.29 is 5.48 Å². The van der Waals surface area contributed by atoms with Crippen molar-refractivity contribution in [1.29, 1.82) is 0 Å². The first-order chi connectivity index (χ1) is 3.80. The number of nitrogen functional groups attached to an aromatic ring is 2. The maximum atomic E-state index is 5.27. The summed E-state index contributed by atoms with van der Waals surface area (Å²) < 4.78 is 0. The third-order valence-electron chi connectivity index (χ3n) is 0.773. The highest BCUT2D eigenvalue weighted by molar-refractivity contribution is 5.55. The van der Waals surface area contributed by atoms with Crippen LogP contribution in [-0.2, 0) is 0 Å². The summed E-state index contributed by atoms with van der Waals surface area (Å²) in [6, 6.07) is 0. The van der Waals surface area contributed by atoms with Gasteiger partial charge in [-0.2, -0.15) is 0 Å². The number of aromatic nitrogens is 2. The monoisotopic (exact) mass is 128 g/mol. The van der Waals surface area contributed by atoms with Gasteiger partial charge in [0.2, 0.25) is 0 Å². The fourth-order valence-corrected chi connectivity index (χ4v) is 0.350. The summed E-state index contributed by atoms with van der Waals surface area (Å²) in [5, 5.41) is 0. The minimum atomic E-state index is 0. The molecule has 50 valence electrons. The van der Waals surface area contributed by atoms with Crippen molar-refractivity contribution in [3.63, 3.8) is 0 Å². The molecule has 0 spiro atoms. The zero-order chi connectivity index (χ0) is 5.98. The van der Waals surface area contributed by atoms with E-state index in [1.165, 1.54) is 12.5 Å². The second kappa shape index (κ2) is 2.83. The van der Waals surface area contributed by atoms with Crippen LogP contribution < -0.4 is 11.5 Å². The second-order valence-corrected chi connectivity index (χ2v) is 1.36. The molecule has 0 aliphatic carbocycles. The van der Waals surface area contributed by atoms with Crippen molar-refractivity contribution >= 4 is 11.5 Å². The molecular formula is C4H8N4O. The maximum absolute atomic E-state index is 5.27. The topological polar surface area (TPSA) is 109 Å². The first-order valence-electron chi connectivity index (χ1n) is 2.11. The number of anilines is 2. The Morgan fingerprint density at radius 2 is 2.00 bits per heavy atom. The molecule has 0 radical (unpaired) electrons. The predicted octanol–water partition coefficient (Wildman–Crippen LogP) is -1.18. The first kappa shape index (κ1) is 7.64. The second-order valence-electron chi connectivity index (χ2n) is 1.36. The van der Waals surface area contributed by atoms with Gasteiger partial charge in [-0.25, -0.2) is 9.97 Å². The zero-order valence-electron chi connectivity index (χ0n) is 4.70. The smallest absolute Gasteiger partial charge is 0.150 e. The predicted molar refractivity (Wildman–Crippen MR) is 34.5 cm³/mol. The van der Waals surface area contributed by atoms with E-state index >= 15 is 0 Å². The average Bonchev–Trinajstić information content (AvgIpc) is 1.77. The lowest BCUT2D eigenvalue weighted by atomic mass is 10.5. The van der Waals surface area contributed by atoms with Gasteiger partial charge in [-0.3, -0.25) is 0 Å². The van der Waals surface area contributed by atoms with Crippen molar-refractivity contribution in [2.45, 2.75) is 0 Å². The molecule has 5 heteroatoms. The Hall–Kier alpha value is -1.36. The van der Waals surface area contributed by atoms with E-state index in [1.54, 1.807) is 0 Å². The van der Waals surface area contributed by atoms with Crippen LogP contribution in [0.5, 0.6) is 0 Å². The lowest BCUT2D eigenvalue weighted by molar-refractivity contribution is 0.824. The fourth-order valence-electron chi connectivity index (χ4n) is 0.350. The van der Waals surface area contributed by atoms with Crippen LogP contribution in [0.25, 0.3) is 0 Å². The van der Waals surface area contributed by atoms with E-state index in [4.69, 9.17) is 11.5 Å². The van der Waals surface area contributed by atoms with Crippen molar-refractivity contribution in [3.8, 4) is 0 Å². The summed E-state index contributed by atoms with van der Waals surface area (Å²) in [6.07, 6.45) is 2.81. The van der Waals surface area contributed by atoms with Crippen LogP contribution in [0, 0.1) is 0 Å². The molecule has 6 N–H and O–H groups in total. The number of rotatable bonds is 0. The summed E-state index contributed by atoms with van der Waals surface area (Å²) >= 11 is 0. The molecular weight excluding hydrogens is 120 g/mol. The summed E-state index contributed by atoms with van der Waals surface area (Å²) in [6.45, 7) is 0. The molecule has 1 heterocycles. The third-order valence-corrected chi connectivity index (χ3v) is 0.773. The molecule has 9 heavy (non-hydrogen) atoms. The van der Waals surface area contributed by atoms with Crippen molar-refractivity contribution in [2.24, 2.45) is 0 Å². The Labute approximate surface area is 52.0 Å². The van der Waals surface area contributed by atoms with Crippen LogP contribution in [0.1, 0.15) is 0 Å². The van der Waals surface area contributed by atoms with E-state index in [9.17, 15) is 0 Å². The number of hydrogen-bond donors (Lipinski definition) is 2. The Bertz CT molecular complexity index is 169. The highest BCUT2D eigenvalue weighted by Crippen LogP contribution is 2.03. The molecule has 0 aliphatic heterocycles. The largest absolute Gasteiger partial charge is 0.412 e. The van der Waals surface area contributed by atoms with Gasteiger partial charge in [-0.15, -0.1) is 0 Å². The van der Waals surface area contributed by atoms with Gasteiger partial charge in [0.05, 0.1) is 11.9 Å². The minimum Gasteiger partial charge on any atom is -0.412 e. The van der Waals surface area contributed by atoms with Crippen molar-refractivity contribution in [3.05, 3.63) is 12.5 Å². The highest BCUT2D eigenvalue weighted by atomic mass is 16.0. The van der Waals surface area contributed by atoms with E-state index in [2.05, 4.69) is 9.97 Å². The average molecular weight is 128 g/mol. The number of nitrogens with two attached hydrogens (primary N) is 2. The van der Waals surface area contributed by atoms with Gasteiger partial charge in [0.15, 0.2) is 0 Å². The third kappa shape index (κ3) is 1.54. The van der Waals surface area contributed by atoms with Gasteiger partial charge in [-0.1, -0.05) is 0 Å². The van der Waals surface area contributed by atoms with Crippen molar-refractivity contribution in [1.82, 2.24) is 9.97 Å².